The van der Waals surface area contributed by atoms with Crippen LogP contribution in [0.15, 0.2) is 36.5 Å². The summed E-state index contributed by atoms with van der Waals surface area (Å²) in [6, 6.07) is 7.44. The van der Waals surface area contributed by atoms with Crippen LogP contribution in [0.5, 0.6) is 0 Å². The molecule has 1 aliphatic rings. The Bertz CT molecular complexity index is 976. The van der Waals surface area contributed by atoms with Crippen molar-refractivity contribution in [1.29, 1.82) is 0 Å². The first-order chi connectivity index (χ1) is 14.3. The number of likely N-dealkylation sites (tertiary alicyclic amines) is 1. The molecular weight excluding hydrogens is 386 g/mol. The van der Waals surface area contributed by atoms with Crippen molar-refractivity contribution < 1.29 is 14.5 Å². The van der Waals surface area contributed by atoms with E-state index < -0.39 is 11.0 Å². The summed E-state index contributed by atoms with van der Waals surface area (Å²) in [5, 5.41) is 13.9. The van der Waals surface area contributed by atoms with E-state index in [1.54, 1.807) is 18.0 Å². The highest BCUT2D eigenvalue weighted by atomic mass is 16.6. The monoisotopic (exact) mass is 411 g/mol. The number of amides is 2. The number of hydrogen-bond acceptors (Lipinski definition) is 6. The topological polar surface area (TPSA) is 109 Å². The van der Waals surface area contributed by atoms with Crippen molar-refractivity contribution in [2.24, 2.45) is 0 Å². The molecule has 0 radical (unpaired) electrons. The highest BCUT2D eigenvalue weighted by Crippen LogP contribution is 2.24. The van der Waals surface area contributed by atoms with E-state index in [0.717, 1.165) is 17.8 Å². The van der Waals surface area contributed by atoms with Gasteiger partial charge in [-0.15, -0.1) is 0 Å². The summed E-state index contributed by atoms with van der Waals surface area (Å²) < 4.78 is 0. The van der Waals surface area contributed by atoms with E-state index in [4.69, 9.17) is 0 Å². The minimum absolute atomic E-state index is 0.0320. The van der Waals surface area contributed by atoms with Crippen molar-refractivity contribution in [3.63, 3.8) is 0 Å². The van der Waals surface area contributed by atoms with Crippen LogP contribution in [0, 0.1) is 17.0 Å². The molecule has 9 nitrogen and oxygen atoms in total. The van der Waals surface area contributed by atoms with Gasteiger partial charge in [-0.3, -0.25) is 19.7 Å². The van der Waals surface area contributed by atoms with Crippen molar-refractivity contribution in [2.45, 2.75) is 32.4 Å². The van der Waals surface area contributed by atoms with Gasteiger partial charge in [0.25, 0.3) is 11.6 Å². The first-order valence-electron chi connectivity index (χ1n) is 9.74. The molecule has 2 heterocycles. The number of benzene rings is 1. The van der Waals surface area contributed by atoms with Gasteiger partial charge in [-0.05, 0) is 38.0 Å². The molecule has 1 aliphatic heterocycles. The fourth-order valence-electron chi connectivity index (χ4n) is 3.71. The second-order valence-corrected chi connectivity index (χ2v) is 7.51. The summed E-state index contributed by atoms with van der Waals surface area (Å²) in [5.41, 5.74) is 1.62. The second-order valence-electron chi connectivity index (χ2n) is 7.51. The summed E-state index contributed by atoms with van der Waals surface area (Å²) in [6.07, 6.45) is 3.01. The minimum Gasteiger partial charge on any atom is -0.362 e. The number of carbonyl (C=O) groups is 2. The summed E-state index contributed by atoms with van der Waals surface area (Å²) in [7, 11) is 3.77. The van der Waals surface area contributed by atoms with Crippen molar-refractivity contribution >= 4 is 23.3 Å². The van der Waals surface area contributed by atoms with E-state index in [-0.39, 0.29) is 17.5 Å². The normalized spacial score (nSPS) is 15.7. The van der Waals surface area contributed by atoms with Gasteiger partial charge in [-0.2, -0.15) is 0 Å². The van der Waals surface area contributed by atoms with Gasteiger partial charge in [0.05, 0.1) is 4.92 Å². The molecule has 1 N–H and O–H groups in total. The number of anilines is 1. The van der Waals surface area contributed by atoms with Crippen LogP contribution in [0.3, 0.4) is 0 Å². The maximum absolute atomic E-state index is 13.0. The number of nitrogens with zero attached hydrogens (tertiary/aromatic N) is 4. The number of carbonyl (C=O) groups excluding carboxylic acids is 2. The molecule has 0 saturated carbocycles. The van der Waals surface area contributed by atoms with Crippen LogP contribution >= 0.6 is 0 Å². The fraction of sp³-hybridized carbons (Fsp3) is 0.381. The molecule has 9 heteroatoms. The Labute approximate surface area is 174 Å². The fourth-order valence-corrected chi connectivity index (χ4v) is 3.71. The zero-order chi connectivity index (χ0) is 21.8. The van der Waals surface area contributed by atoms with Crippen molar-refractivity contribution in [1.82, 2.24) is 15.2 Å². The van der Waals surface area contributed by atoms with E-state index in [2.05, 4.69) is 10.3 Å². The van der Waals surface area contributed by atoms with Crippen LogP contribution < -0.4 is 10.2 Å². The summed E-state index contributed by atoms with van der Waals surface area (Å²) in [6.45, 7) is 2.39. The molecule has 1 atom stereocenters. The van der Waals surface area contributed by atoms with Crippen molar-refractivity contribution in [3.8, 4) is 0 Å². The molecule has 3 rings (SSSR count). The Balaban J connectivity index is 1.71. The van der Waals surface area contributed by atoms with Crippen molar-refractivity contribution in [2.75, 3.05) is 25.5 Å². The van der Waals surface area contributed by atoms with Gasteiger partial charge in [0.2, 0.25) is 5.91 Å². The first-order valence-corrected chi connectivity index (χ1v) is 9.74. The molecule has 1 unspecified atom stereocenters. The van der Waals surface area contributed by atoms with E-state index in [9.17, 15) is 19.7 Å². The maximum Gasteiger partial charge on any atom is 0.272 e. The lowest BCUT2D eigenvalue weighted by molar-refractivity contribution is -0.385. The molecular formula is C21H25N5O4. The summed E-state index contributed by atoms with van der Waals surface area (Å²) in [5.74, 6) is 0.271. The Kier molecular flexibility index (Phi) is 6.29. The molecule has 1 saturated heterocycles. The third-order valence-corrected chi connectivity index (χ3v) is 5.20. The molecule has 1 aromatic carbocycles. The lowest BCUT2D eigenvalue weighted by Gasteiger charge is -2.24. The number of nitrogens with one attached hydrogen (secondary N) is 1. The molecule has 30 heavy (non-hydrogen) atoms. The third-order valence-electron chi connectivity index (χ3n) is 5.20. The summed E-state index contributed by atoms with van der Waals surface area (Å²) >= 11 is 0. The zero-order valence-corrected chi connectivity index (χ0v) is 17.3. The lowest BCUT2D eigenvalue weighted by atomic mass is 10.1. The van der Waals surface area contributed by atoms with Crippen LogP contribution in [0.2, 0.25) is 0 Å². The highest BCUT2D eigenvalue weighted by molar-refractivity contribution is 5.98. The maximum atomic E-state index is 13.0. The van der Waals surface area contributed by atoms with Crippen LogP contribution in [0.1, 0.15) is 34.3 Å². The van der Waals surface area contributed by atoms with Crippen LogP contribution in [0.4, 0.5) is 11.5 Å². The Hall–Kier alpha value is -3.49. The lowest BCUT2D eigenvalue weighted by Crippen LogP contribution is -2.45. The Morgan fingerprint density at radius 2 is 2.10 bits per heavy atom. The van der Waals surface area contributed by atoms with E-state index >= 15 is 0 Å². The Morgan fingerprint density at radius 3 is 2.77 bits per heavy atom. The quantitative estimate of drug-likeness (QED) is 0.577. The number of hydrogen-bond donors (Lipinski definition) is 1. The molecule has 0 aliphatic carbocycles. The average molecular weight is 411 g/mol. The number of pyridine rings is 1. The molecule has 0 bridgehead atoms. The number of nitro groups is 1. The van der Waals surface area contributed by atoms with E-state index in [1.807, 2.05) is 31.1 Å². The molecule has 1 aromatic heterocycles. The van der Waals surface area contributed by atoms with Gasteiger partial charge < -0.3 is 15.1 Å². The number of aryl methyl sites for hydroxylation is 1. The standard InChI is InChI=1S/C21H25N5O4/c1-14-12-15(8-9-17(14)26(29)30)21(28)25-11-5-7-18(25)20(27)23-13-16-6-4-10-22-19(16)24(2)3/h4,6,8-10,12,18H,5,7,11,13H2,1-3H3,(H,23,27). The SMILES string of the molecule is Cc1cc(C(=O)N2CCCC2C(=O)NCc2cccnc2N(C)C)ccc1[N+](=O)[O-]. The third kappa shape index (κ3) is 4.40. The predicted octanol–water partition coefficient (Wildman–Crippen LogP) is 2.29. The second kappa shape index (κ2) is 8.89. The summed E-state index contributed by atoms with van der Waals surface area (Å²) in [4.78, 5) is 44.1. The smallest absolute Gasteiger partial charge is 0.272 e. The predicted molar refractivity (Wildman–Crippen MR) is 112 cm³/mol. The van der Waals surface area contributed by atoms with Crippen LogP contribution in [-0.2, 0) is 11.3 Å². The van der Waals surface area contributed by atoms with E-state index in [0.29, 0.717) is 30.6 Å². The van der Waals surface area contributed by atoms with E-state index in [1.165, 1.54) is 18.2 Å². The van der Waals surface area contributed by atoms with Gasteiger partial charge >= 0.3 is 0 Å². The molecule has 0 spiro atoms. The van der Waals surface area contributed by atoms with Gasteiger partial charge in [0.1, 0.15) is 11.9 Å². The first kappa shape index (κ1) is 21.2. The highest BCUT2D eigenvalue weighted by Gasteiger charge is 2.34. The zero-order valence-electron chi connectivity index (χ0n) is 17.3. The number of nitro benzene ring substituents is 1. The van der Waals surface area contributed by atoms with Gasteiger partial charge in [0.15, 0.2) is 0 Å². The largest absolute Gasteiger partial charge is 0.362 e. The molecule has 2 aromatic rings. The molecule has 158 valence electrons. The van der Waals surface area contributed by atoms with Gasteiger partial charge in [-0.1, -0.05) is 6.07 Å². The van der Waals surface area contributed by atoms with Crippen LogP contribution in [0.25, 0.3) is 0 Å². The molecule has 1 fully saturated rings. The Morgan fingerprint density at radius 1 is 1.33 bits per heavy atom. The van der Waals surface area contributed by atoms with Gasteiger partial charge in [0, 0.05) is 56.1 Å². The van der Waals surface area contributed by atoms with Crippen LogP contribution in [-0.4, -0.2) is 53.3 Å². The number of aromatic nitrogens is 1. The molecule has 2 amide bonds. The number of rotatable bonds is 6. The van der Waals surface area contributed by atoms with Gasteiger partial charge in [-0.25, -0.2) is 4.98 Å². The van der Waals surface area contributed by atoms with Crippen molar-refractivity contribution in [3.05, 3.63) is 63.3 Å². The minimum atomic E-state index is -0.563. The average Bonchev–Trinajstić information content (AvgIpc) is 3.21.